The van der Waals surface area contributed by atoms with Crippen LogP contribution in [0.25, 0.3) is 0 Å². The molecule has 0 aliphatic carbocycles. The summed E-state index contributed by atoms with van der Waals surface area (Å²) in [7, 11) is 49.9. The zero-order chi connectivity index (χ0) is 38.7. The summed E-state index contributed by atoms with van der Waals surface area (Å²) in [6, 6.07) is 4.46. The molecule has 4 amide bonds. The quantitative estimate of drug-likeness (QED) is 0.0307. The van der Waals surface area contributed by atoms with Crippen LogP contribution in [0.1, 0.15) is 43.2 Å². The molecular formula is C30H37B8N9O4. The number of nitrogens with zero attached hydrogens (tertiary/aromatic N) is 1. The molecule has 0 saturated carbocycles. The van der Waals surface area contributed by atoms with Crippen molar-refractivity contribution in [2.45, 2.75) is 67.3 Å². The average molecular weight is 674 g/mol. The first-order chi connectivity index (χ1) is 23.8. The van der Waals surface area contributed by atoms with Gasteiger partial charge in [0, 0.05) is 6.54 Å². The largest absolute Gasteiger partial charge is 0.370 e. The normalized spacial score (nSPS) is 14.2. The van der Waals surface area contributed by atoms with E-state index in [4.69, 9.17) is 91.4 Å². The molecule has 0 aliphatic rings. The van der Waals surface area contributed by atoms with Crippen LogP contribution >= 0.6 is 0 Å². The number of unbranched alkanes of at least 4 members (excludes halogenated alkanes) is 1. The van der Waals surface area contributed by atoms with Gasteiger partial charge in [-0.1, -0.05) is 42.3 Å². The van der Waals surface area contributed by atoms with Crippen LogP contribution in [0.2, 0.25) is 0 Å². The second-order valence-corrected chi connectivity index (χ2v) is 12.2. The summed E-state index contributed by atoms with van der Waals surface area (Å²) < 4.78 is 0. The molecule has 0 bridgehead atoms. The van der Waals surface area contributed by atoms with E-state index in [1.165, 1.54) is 0 Å². The van der Waals surface area contributed by atoms with E-state index in [0.29, 0.717) is 6.42 Å². The molecule has 250 valence electrons. The summed E-state index contributed by atoms with van der Waals surface area (Å²) in [5.74, 6) is -4.17. The number of carbonyl (C=O) groups is 4. The molecule has 13 N–H and O–H groups in total. The number of aliphatic imine (C=N–C) groups is 1. The van der Waals surface area contributed by atoms with Crippen molar-refractivity contribution in [2.75, 3.05) is 13.1 Å². The van der Waals surface area contributed by atoms with Crippen molar-refractivity contribution in [3.63, 3.8) is 0 Å². The van der Waals surface area contributed by atoms with Gasteiger partial charge in [-0.05, 0) is 49.4 Å². The van der Waals surface area contributed by atoms with Crippen molar-refractivity contribution >= 4 is 120 Å². The Labute approximate surface area is 309 Å². The Bertz CT molecular complexity index is 1570. The summed E-state index contributed by atoms with van der Waals surface area (Å²) in [5, 5.41) is 4.83. The van der Waals surface area contributed by atoms with Crippen LogP contribution in [0.3, 0.4) is 0 Å². The Kier molecular flexibility index (Phi) is 16.1. The Hall–Kier alpha value is -3.97. The van der Waals surface area contributed by atoms with Gasteiger partial charge in [-0.15, -0.1) is 27.3 Å². The molecule has 2 aromatic carbocycles. The lowest BCUT2D eigenvalue weighted by atomic mass is 9.42. The number of hydrogen-bond donors (Lipinski definition) is 8. The highest BCUT2D eigenvalue weighted by atomic mass is 16.2. The molecular weight excluding hydrogens is 637 g/mol. The lowest BCUT2D eigenvalue weighted by Crippen LogP contribution is -2.70. The van der Waals surface area contributed by atoms with Crippen LogP contribution in [-0.4, -0.2) is 129 Å². The lowest BCUT2D eigenvalue weighted by Gasteiger charge is -2.42. The van der Waals surface area contributed by atoms with Gasteiger partial charge in [0.25, 0.3) is 0 Å². The highest BCUT2D eigenvalue weighted by Gasteiger charge is 2.43. The molecule has 0 heterocycles. The molecule has 21 heteroatoms. The van der Waals surface area contributed by atoms with Crippen LogP contribution in [0.5, 0.6) is 0 Å². The molecule has 2 aromatic rings. The average Bonchev–Trinajstić information content (AvgIpc) is 3.06. The standard InChI is InChI=1S/C30H37B8N9O4/c31-18-17(19(32)21(34)22(35)20(18)33)30(37,38)23(26(50)47-29(36,27(41)51)10-4-5-11-39)46-25(49)16(9-6-12-44-28(42)43)45-24(48)15(40)13-14-7-2-1-3-8-14/h1-3,7-8,15-16,23H,4-6,9-13,39-40H2,(H2,41,51)(H,45,48)(H,46,49)(H,47,50)(H4,42,43,44)/t15-,16+,23+,29-/m0/s1. The molecule has 0 fully saturated rings. The van der Waals surface area contributed by atoms with Gasteiger partial charge in [-0.3, -0.25) is 24.2 Å². The molecule has 0 unspecified atom stereocenters. The molecule has 0 saturated heterocycles. The van der Waals surface area contributed by atoms with Crippen molar-refractivity contribution in [1.29, 1.82) is 0 Å². The fraction of sp³-hybridized carbons (Fsp3) is 0.433. The van der Waals surface area contributed by atoms with Crippen molar-refractivity contribution in [1.82, 2.24) is 16.0 Å². The number of benzene rings is 2. The predicted molar refractivity (Wildman–Crippen MR) is 207 cm³/mol. The zero-order valence-electron chi connectivity index (χ0n) is 28.4. The van der Waals surface area contributed by atoms with Crippen molar-refractivity contribution in [3.05, 3.63) is 41.5 Å². The van der Waals surface area contributed by atoms with Crippen LogP contribution in [0.15, 0.2) is 35.3 Å². The minimum absolute atomic E-state index is 0.0594. The summed E-state index contributed by atoms with van der Waals surface area (Å²) >= 11 is 0. The maximum atomic E-state index is 14.1. The molecule has 0 aromatic heterocycles. The van der Waals surface area contributed by atoms with E-state index in [2.05, 4.69) is 20.9 Å². The van der Waals surface area contributed by atoms with Gasteiger partial charge >= 0.3 is 0 Å². The van der Waals surface area contributed by atoms with Crippen molar-refractivity contribution in [3.8, 4) is 0 Å². The third-order valence-corrected chi connectivity index (χ3v) is 8.18. The van der Waals surface area contributed by atoms with E-state index in [1.54, 1.807) is 30.3 Å². The maximum Gasteiger partial charge on any atom is 0.243 e. The van der Waals surface area contributed by atoms with E-state index in [-0.39, 0.29) is 84.0 Å². The summed E-state index contributed by atoms with van der Waals surface area (Å²) in [6.45, 7) is 0.341. The molecule has 16 radical (unpaired) electrons. The molecule has 0 spiro atoms. The number of nitrogens with two attached hydrogens (primary N) is 5. The topological polar surface area (TPSA) is 247 Å². The van der Waals surface area contributed by atoms with Gasteiger partial charge < -0.3 is 44.6 Å². The number of rotatable bonds is 19. The van der Waals surface area contributed by atoms with Gasteiger partial charge in [0.2, 0.25) is 23.6 Å². The Balaban J connectivity index is 2.61. The van der Waals surface area contributed by atoms with E-state index in [9.17, 15) is 19.2 Å². The molecule has 51 heavy (non-hydrogen) atoms. The Morgan fingerprint density at radius 3 is 1.86 bits per heavy atom. The van der Waals surface area contributed by atoms with Crippen LogP contribution in [0.4, 0.5) is 0 Å². The second kappa shape index (κ2) is 19.0. The highest BCUT2D eigenvalue weighted by Crippen LogP contribution is 2.20. The van der Waals surface area contributed by atoms with Gasteiger partial charge in [-0.2, -0.15) is 0 Å². The molecule has 2 rings (SSSR count). The number of primary amides is 1. The summed E-state index contributed by atoms with van der Waals surface area (Å²) in [6.07, 6.45) is 0.825. The number of hydrogen-bond acceptors (Lipinski definition) is 7. The third kappa shape index (κ3) is 11.5. The monoisotopic (exact) mass is 675 g/mol. The van der Waals surface area contributed by atoms with Crippen molar-refractivity contribution in [2.24, 2.45) is 33.7 Å². The van der Waals surface area contributed by atoms with Gasteiger partial charge in [0.05, 0.1) is 27.2 Å². The van der Waals surface area contributed by atoms with Gasteiger partial charge in [0.1, 0.15) is 59.2 Å². The number of carbonyl (C=O) groups excluding carboxylic acids is 4. The number of nitrogens with one attached hydrogen (secondary N) is 3. The third-order valence-electron chi connectivity index (χ3n) is 8.18. The zero-order valence-corrected chi connectivity index (χ0v) is 28.4. The minimum Gasteiger partial charge on any atom is -0.370 e. The number of amides is 4. The van der Waals surface area contributed by atoms with E-state index < -0.39 is 52.4 Å². The van der Waals surface area contributed by atoms with E-state index in [1.807, 2.05) is 0 Å². The first-order valence-electron chi connectivity index (χ1n) is 15.9. The Morgan fingerprint density at radius 1 is 0.765 bits per heavy atom. The van der Waals surface area contributed by atoms with E-state index >= 15 is 0 Å². The van der Waals surface area contributed by atoms with Gasteiger partial charge in [-0.25, -0.2) is 0 Å². The molecule has 0 aliphatic heterocycles. The first-order valence-corrected chi connectivity index (χ1v) is 15.9. The smallest absolute Gasteiger partial charge is 0.243 e. The second-order valence-electron chi connectivity index (χ2n) is 12.2. The highest BCUT2D eigenvalue weighted by molar-refractivity contribution is 6.68. The van der Waals surface area contributed by atoms with Crippen LogP contribution in [0, 0.1) is 0 Å². The lowest BCUT2D eigenvalue weighted by molar-refractivity contribution is -0.134. The fourth-order valence-corrected chi connectivity index (χ4v) is 5.20. The van der Waals surface area contributed by atoms with Crippen molar-refractivity contribution < 1.29 is 19.2 Å². The fourth-order valence-electron chi connectivity index (χ4n) is 5.20. The van der Waals surface area contributed by atoms with Crippen LogP contribution < -0.4 is 71.9 Å². The molecule has 13 nitrogen and oxygen atoms in total. The SMILES string of the molecule is [B]c1c([B])c([B])c(C([B])([B])[C@H](NC(=O)[C@@H](CCCN=C(N)N)NC(=O)[C@@H](N)Cc2ccccc2)C(=O)N[C@@]([B])(CCCCN)C(N)=O)c([B])c1[B]. The van der Waals surface area contributed by atoms with E-state index in [0.717, 1.165) is 5.56 Å². The van der Waals surface area contributed by atoms with Crippen LogP contribution in [-0.2, 0) is 30.8 Å². The summed E-state index contributed by atoms with van der Waals surface area (Å²) in [5.41, 5.74) is 25.0. The Morgan fingerprint density at radius 2 is 1.33 bits per heavy atom. The summed E-state index contributed by atoms with van der Waals surface area (Å²) in [4.78, 5) is 57.8. The van der Waals surface area contributed by atoms with Gasteiger partial charge in [0.15, 0.2) is 5.96 Å². The number of guanidine groups is 1. The first kappa shape index (κ1) is 43.2. The minimum atomic E-state index is -2.53. The predicted octanol–water partition coefficient (Wildman–Crippen LogP) is -8.67. The molecule has 4 atom stereocenters. The maximum absolute atomic E-state index is 14.1.